The van der Waals surface area contributed by atoms with Crippen molar-refractivity contribution in [3.05, 3.63) is 100 Å². The van der Waals surface area contributed by atoms with E-state index in [1.165, 1.54) is 27.8 Å². The third kappa shape index (κ3) is 8.76. The van der Waals surface area contributed by atoms with Gasteiger partial charge in [0.1, 0.15) is 0 Å². The van der Waals surface area contributed by atoms with Gasteiger partial charge >= 0.3 is 7.94 Å². The van der Waals surface area contributed by atoms with Gasteiger partial charge in [0.15, 0.2) is 5.30 Å². The summed E-state index contributed by atoms with van der Waals surface area (Å²) in [5.74, 6) is 0. The predicted molar refractivity (Wildman–Crippen MR) is 228 cm³/mol. The van der Waals surface area contributed by atoms with Gasteiger partial charge in [0.05, 0.1) is 0 Å². The smallest absolute Gasteiger partial charge is 0.189 e. The molecule has 0 spiro atoms. The van der Waals surface area contributed by atoms with Crippen LogP contribution in [-0.4, -0.2) is 14.7 Å². The van der Waals surface area contributed by atoms with Crippen LogP contribution in [0.4, 0.5) is 0 Å². The van der Waals surface area contributed by atoms with Gasteiger partial charge in [-0.2, -0.15) is 14.7 Å². The molecule has 0 radical (unpaired) electrons. The molecule has 4 aromatic rings. The quantitative estimate of drug-likeness (QED) is 0.184. The number of rotatable bonds is 4. The normalized spacial score (nSPS) is 13.9. The van der Waals surface area contributed by atoms with Crippen molar-refractivity contribution in [2.75, 3.05) is 0 Å². The van der Waals surface area contributed by atoms with Crippen molar-refractivity contribution in [2.24, 2.45) is 0 Å². The predicted octanol–water partition coefficient (Wildman–Crippen LogP) is 12.8. The van der Waals surface area contributed by atoms with E-state index in [0.717, 1.165) is 33.4 Å². The first-order valence-electron chi connectivity index (χ1n) is 18.9. The van der Waals surface area contributed by atoms with Gasteiger partial charge in [0.2, 0.25) is 0 Å². The minimum atomic E-state index is -4.51. The fraction of sp³-hybridized carbons (Fsp3) is 0.500. The molecule has 0 saturated carbocycles. The van der Waals surface area contributed by atoms with Gasteiger partial charge in [0, 0.05) is 11.1 Å². The zero-order valence-electron chi connectivity index (χ0n) is 35.6. The second-order valence-electron chi connectivity index (χ2n) is 21.2. The van der Waals surface area contributed by atoms with Crippen molar-refractivity contribution in [2.45, 2.75) is 157 Å². The van der Waals surface area contributed by atoms with Crippen LogP contribution in [0.5, 0.6) is 0 Å². The zero-order chi connectivity index (χ0) is 39.8. The average molecular weight is 724 g/mol. The first kappa shape index (κ1) is 41.9. The fourth-order valence-electron chi connectivity index (χ4n) is 7.18. The number of benzene rings is 4. The largest absolute Gasteiger partial charge is 0.441 e. The van der Waals surface area contributed by atoms with Crippen LogP contribution in [0.3, 0.4) is 0 Å². The molecule has 0 aliphatic heterocycles. The monoisotopic (exact) mass is 723 g/mol. The molecule has 0 heterocycles. The van der Waals surface area contributed by atoms with Crippen LogP contribution in [0.15, 0.2) is 66.7 Å². The lowest BCUT2D eigenvalue weighted by Gasteiger charge is -2.33. The van der Waals surface area contributed by atoms with E-state index in [1.54, 1.807) is 6.07 Å². The van der Waals surface area contributed by atoms with Crippen LogP contribution >= 0.6 is 7.94 Å². The summed E-state index contributed by atoms with van der Waals surface area (Å²) < 4.78 is 0. The topological polar surface area (TPSA) is 60.7 Å². The third-order valence-electron chi connectivity index (χ3n) is 10.4. The molecule has 0 aliphatic rings. The third-order valence-corrected chi connectivity index (χ3v) is 11.4. The lowest BCUT2D eigenvalue weighted by atomic mass is 9.72. The minimum absolute atomic E-state index is 0.0380. The second kappa shape index (κ2) is 13.5. The molecule has 0 bridgehead atoms. The Hall–Kier alpha value is -2.81. The summed E-state index contributed by atoms with van der Waals surface area (Å²) >= 11 is 0. The maximum atomic E-state index is 11.4. The molecule has 282 valence electrons. The molecular weight excluding hydrogens is 655 g/mol. The summed E-state index contributed by atoms with van der Waals surface area (Å²) in [6.45, 7) is 40.3. The lowest BCUT2D eigenvalue weighted by Crippen LogP contribution is -2.22. The van der Waals surface area contributed by atoms with E-state index >= 15 is 0 Å². The van der Waals surface area contributed by atoms with Crippen molar-refractivity contribution < 1.29 is 14.7 Å². The van der Waals surface area contributed by atoms with Gasteiger partial charge < -0.3 is 0 Å². The Morgan fingerprint density at radius 2 is 0.615 bits per heavy atom. The number of hydrogen-bond donors (Lipinski definition) is 3. The first-order chi connectivity index (χ1) is 23.2. The summed E-state index contributed by atoms with van der Waals surface area (Å²) in [4.78, 5) is 34.1. The fourth-order valence-corrected chi connectivity index (χ4v) is 7.99. The minimum Gasteiger partial charge on any atom is -0.189 e. The average Bonchev–Trinajstić information content (AvgIpc) is 2.96. The molecule has 0 fully saturated rings. The van der Waals surface area contributed by atoms with Crippen LogP contribution in [0, 0.1) is 0 Å². The SMILES string of the molecule is CC(C)(C)c1ccc(-c2ccc([P+](O)(O)O)c(-c3ccc(C(C)(C)C)cc3C(C)(C)C)c2-c2ccc(C(C)(C)C)cc2C(C)(C)C)c(C(C)(C)C)c1. The summed E-state index contributed by atoms with van der Waals surface area (Å²) in [6, 6.07) is 24.0. The Balaban J connectivity index is 2.42. The molecule has 4 rings (SSSR count). The van der Waals surface area contributed by atoms with Crippen molar-refractivity contribution in [3.8, 4) is 33.4 Å². The maximum Gasteiger partial charge on any atom is 0.441 e. The van der Waals surface area contributed by atoms with Gasteiger partial charge in [-0.1, -0.05) is 179 Å². The molecular formula is C48H68O3P+. The van der Waals surface area contributed by atoms with Crippen molar-refractivity contribution in [3.63, 3.8) is 0 Å². The van der Waals surface area contributed by atoms with Crippen LogP contribution in [0.1, 0.15) is 158 Å². The highest BCUT2D eigenvalue weighted by atomic mass is 31.2. The van der Waals surface area contributed by atoms with Gasteiger partial charge in [-0.15, -0.1) is 0 Å². The van der Waals surface area contributed by atoms with Gasteiger partial charge in [0.25, 0.3) is 0 Å². The maximum absolute atomic E-state index is 11.4. The number of hydrogen-bond acceptors (Lipinski definition) is 3. The molecule has 0 aliphatic carbocycles. The summed E-state index contributed by atoms with van der Waals surface area (Å²) in [7, 11) is -4.51. The Labute approximate surface area is 317 Å². The van der Waals surface area contributed by atoms with E-state index in [9.17, 15) is 14.7 Å². The van der Waals surface area contributed by atoms with E-state index in [-0.39, 0.29) is 37.8 Å². The van der Waals surface area contributed by atoms with Gasteiger partial charge in [-0.25, -0.2) is 0 Å². The van der Waals surface area contributed by atoms with E-state index in [1.807, 2.05) is 6.07 Å². The Kier molecular flexibility index (Phi) is 10.9. The molecule has 4 heteroatoms. The highest BCUT2D eigenvalue weighted by Crippen LogP contribution is 2.54. The van der Waals surface area contributed by atoms with Gasteiger partial charge in [-0.3, -0.25) is 0 Å². The molecule has 0 atom stereocenters. The molecule has 52 heavy (non-hydrogen) atoms. The molecule has 3 nitrogen and oxygen atoms in total. The van der Waals surface area contributed by atoms with Crippen LogP contribution < -0.4 is 5.30 Å². The molecule has 0 aromatic heterocycles. The summed E-state index contributed by atoms with van der Waals surface area (Å²) in [6.07, 6.45) is 0. The molecule has 0 unspecified atom stereocenters. The van der Waals surface area contributed by atoms with Crippen molar-refractivity contribution >= 4 is 13.2 Å². The standard InChI is InChI=1S/C48H68O3P/c1-43(2,3)30-19-22-33(37(27-30)46(10,11)12)34-25-26-40(52(49,50)51)42(36-24-21-32(45(7,8)9)29-39(36)48(16,17)18)41(34)35-23-20-31(44(4,5)6)28-38(35)47(13,14)15/h19-29,49-51H,1-18H3/q+1. The highest BCUT2D eigenvalue weighted by Gasteiger charge is 2.42. The second-order valence-corrected chi connectivity index (χ2v) is 22.9. The van der Waals surface area contributed by atoms with Gasteiger partial charge in [-0.05, 0) is 100 Å². The van der Waals surface area contributed by atoms with Crippen LogP contribution in [0.25, 0.3) is 33.4 Å². The highest BCUT2D eigenvalue weighted by molar-refractivity contribution is 7.67. The van der Waals surface area contributed by atoms with E-state index < -0.39 is 7.94 Å². The summed E-state index contributed by atoms with van der Waals surface area (Å²) in [5, 5.41) is 0.170. The van der Waals surface area contributed by atoms with E-state index in [0.29, 0.717) is 5.56 Å². The molecule has 4 aromatic carbocycles. The van der Waals surface area contributed by atoms with E-state index in [2.05, 4.69) is 179 Å². The van der Waals surface area contributed by atoms with Crippen LogP contribution in [0.2, 0.25) is 0 Å². The zero-order valence-corrected chi connectivity index (χ0v) is 36.5. The van der Waals surface area contributed by atoms with Crippen molar-refractivity contribution in [1.29, 1.82) is 0 Å². The Morgan fingerprint density at radius 3 is 0.923 bits per heavy atom. The molecule has 0 amide bonds. The van der Waals surface area contributed by atoms with Crippen LogP contribution in [-0.2, 0) is 32.5 Å². The van der Waals surface area contributed by atoms with E-state index in [4.69, 9.17) is 0 Å². The lowest BCUT2D eigenvalue weighted by molar-refractivity contribution is 0.347. The molecule has 3 N–H and O–H groups in total. The first-order valence-corrected chi connectivity index (χ1v) is 20.6. The Morgan fingerprint density at radius 1 is 0.327 bits per heavy atom. The summed E-state index contributed by atoms with van der Waals surface area (Å²) in [5.41, 5.74) is 11.9. The Bertz CT molecular complexity index is 1950. The molecule has 0 saturated heterocycles. The van der Waals surface area contributed by atoms with Crippen molar-refractivity contribution in [1.82, 2.24) is 0 Å².